The van der Waals surface area contributed by atoms with E-state index in [1.165, 1.54) is 0 Å². The highest BCUT2D eigenvalue weighted by atomic mass is 16.6. The van der Waals surface area contributed by atoms with Crippen LogP contribution in [0.3, 0.4) is 0 Å². The monoisotopic (exact) mass is 411 g/mol. The lowest BCUT2D eigenvalue weighted by atomic mass is 10.1. The zero-order chi connectivity index (χ0) is 21.9. The fourth-order valence-corrected chi connectivity index (χ4v) is 2.93. The molecule has 0 spiro atoms. The number of hydrogen-bond donors (Lipinski definition) is 0. The van der Waals surface area contributed by atoms with Crippen molar-refractivity contribution in [3.8, 4) is 5.75 Å². The van der Waals surface area contributed by atoms with Gasteiger partial charge in [0.2, 0.25) is 0 Å². The van der Waals surface area contributed by atoms with Crippen LogP contribution in [-0.4, -0.2) is 29.3 Å². The predicted octanol–water partition coefficient (Wildman–Crippen LogP) is 4.52. The Balaban J connectivity index is 1.83. The Hall–Kier alpha value is -3.35. The van der Waals surface area contributed by atoms with Gasteiger partial charge in [-0.2, -0.15) is 0 Å². The van der Waals surface area contributed by atoms with E-state index in [1.807, 2.05) is 31.2 Å². The Morgan fingerprint density at radius 1 is 1.07 bits per heavy atom. The van der Waals surface area contributed by atoms with Crippen LogP contribution >= 0.6 is 0 Å². The molecule has 7 heteroatoms. The molecule has 3 aromatic rings. The number of carbonyl (C=O) groups is 2. The Morgan fingerprint density at radius 3 is 2.33 bits per heavy atom. The van der Waals surface area contributed by atoms with E-state index in [2.05, 4.69) is 5.16 Å². The number of rotatable bonds is 6. The summed E-state index contributed by atoms with van der Waals surface area (Å²) in [5, 5.41) is 5.68. The van der Waals surface area contributed by atoms with Gasteiger partial charge < -0.3 is 18.7 Å². The van der Waals surface area contributed by atoms with Crippen molar-refractivity contribution in [2.45, 2.75) is 46.8 Å². The molecule has 3 rings (SSSR count). The van der Waals surface area contributed by atoms with Crippen molar-refractivity contribution in [3.63, 3.8) is 0 Å². The topological polar surface area (TPSA) is 87.9 Å². The van der Waals surface area contributed by atoms with Gasteiger partial charge in [0.25, 0.3) is 0 Å². The normalized spacial score (nSPS) is 11.4. The van der Waals surface area contributed by atoms with E-state index in [1.54, 1.807) is 39.8 Å². The molecule has 0 unspecified atom stereocenters. The molecule has 0 aliphatic rings. The zero-order valence-corrected chi connectivity index (χ0v) is 17.8. The average molecular weight is 411 g/mol. The zero-order valence-electron chi connectivity index (χ0n) is 17.8. The summed E-state index contributed by atoms with van der Waals surface area (Å²) in [5.41, 5.74) is 1.11. The van der Waals surface area contributed by atoms with Crippen LogP contribution in [0.2, 0.25) is 0 Å². The maximum atomic E-state index is 12.7. The summed E-state index contributed by atoms with van der Waals surface area (Å²) in [5.74, 6) is -0.277. The molecule has 0 N–H and O–H groups in total. The van der Waals surface area contributed by atoms with Crippen LogP contribution in [0, 0.1) is 13.8 Å². The van der Waals surface area contributed by atoms with E-state index >= 15 is 0 Å². The molecular weight excluding hydrogens is 386 g/mol. The first-order valence-electron chi connectivity index (χ1n) is 9.60. The molecular formula is C23H25NO6. The summed E-state index contributed by atoms with van der Waals surface area (Å²) in [6, 6.07) is 11.1. The van der Waals surface area contributed by atoms with E-state index in [4.69, 9.17) is 18.7 Å². The van der Waals surface area contributed by atoms with Crippen molar-refractivity contribution in [2.75, 3.05) is 6.61 Å². The van der Waals surface area contributed by atoms with Crippen LogP contribution in [0.15, 0.2) is 40.9 Å². The van der Waals surface area contributed by atoms with Gasteiger partial charge >= 0.3 is 11.9 Å². The lowest BCUT2D eigenvalue weighted by Gasteiger charge is -2.19. The molecule has 1 aromatic heterocycles. The number of ether oxygens (including phenoxy) is 3. The molecule has 2 aromatic carbocycles. The fourth-order valence-electron chi connectivity index (χ4n) is 2.93. The van der Waals surface area contributed by atoms with Crippen molar-refractivity contribution >= 4 is 22.7 Å². The molecule has 0 saturated carbocycles. The molecule has 0 saturated heterocycles. The van der Waals surface area contributed by atoms with E-state index in [0.29, 0.717) is 11.5 Å². The average Bonchev–Trinajstić information content (AvgIpc) is 3.00. The first-order chi connectivity index (χ1) is 14.1. The minimum Gasteiger partial charge on any atom is -0.488 e. The summed E-state index contributed by atoms with van der Waals surface area (Å²) in [4.78, 5) is 24.6. The summed E-state index contributed by atoms with van der Waals surface area (Å²) >= 11 is 0. The maximum absolute atomic E-state index is 12.7. The van der Waals surface area contributed by atoms with Crippen molar-refractivity contribution < 1.29 is 28.3 Å². The molecule has 30 heavy (non-hydrogen) atoms. The van der Waals surface area contributed by atoms with Gasteiger partial charge in [-0.1, -0.05) is 29.4 Å². The lowest BCUT2D eigenvalue weighted by molar-refractivity contribution is -0.158. The van der Waals surface area contributed by atoms with Crippen LogP contribution < -0.4 is 4.74 Å². The molecule has 0 aliphatic heterocycles. The standard InChI is InChI=1S/C23H25NO6/c1-14-19(15(2)30-24-14)12-27-20-11-17-9-7-6-8-16(17)10-18(20)22(26)28-13-21(25)29-23(3,4)5/h6-11H,12-13H2,1-5H3. The second-order valence-corrected chi connectivity index (χ2v) is 7.95. The number of aryl methyl sites for hydroxylation is 2. The number of fused-ring (bicyclic) bond motifs is 1. The van der Waals surface area contributed by atoms with Gasteiger partial charge in [-0.3, -0.25) is 0 Å². The van der Waals surface area contributed by atoms with Gasteiger partial charge in [0.1, 0.15) is 29.3 Å². The van der Waals surface area contributed by atoms with Gasteiger partial charge in [-0.15, -0.1) is 0 Å². The van der Waals surface area contributed by atoms with Gasteiger partial charge in [0, 0.05) is 0 Å². The van der Waals surface area contributed by atoms with Crippen LogP contribution in [0.4, 0.5) is 0 Å². The first-order valence-corrected chi connectivity index (χ1v) is 9.60. The predicted molar refractivity (Wildman–Crippen MR) is 110 cm³/mol. The smallest absolute Gasteiger partial charge is 0.344 e. The molecule has 0 fully saturated rings. The minimum absolute atomic E-state index is 0.186. The van der Waals surface area contributed by atoms with Crippen molar-refractivity contribution in [1.29, 1.82) is 0 Å². The lowest BCUT2D eigenvalue weighted by Crippen LogP contribution is -2.27. The number of nitrogens with zero attached hydrogens (tertiary/aromatic N) is 1. The van der Waals surface area contributed by atoms with E-state index in [9.17, 15) is 9.59 Å². The van der Waals surface area contributed by atoms with Crippen LogP contribution in [0.1, 0.15) is 48.1 Å². The number of esters is 2. The fraction of sp³-hybridized carbons (Fsp3) is 0.348. The Kier molecular flexibility index (Phi) is 6.10. The third-order valence-electron chi connectivity index (χ3n) is 4.36. The third-order valence-corrected chi connectivity index (χ3v) is 4.36. The number of aromatic nitrogens is 1. The van der Waals surface area contributed by atoms with Crippen molar-refractivity contribution in [3.05, 3.63) is 59.0 Å². The molecule has 7 nitrogen and oxygen atoms in total. The highest BCUT2D eigenvalue weighted by molar-refractivity contribution is 5.99. The van der Waals surface area contributed by atoms with E-state index in [0.717, 1.165) is 22.0 Å². The Bertz CT molecular complexity index is 1060. The molecule has 0 radical (unpaired) electrons. The first kappa shape index (κ1) is 21.4. The molecule has 1 heterocycles. The highest BCUT2D eigenvalue weighted by Gasteiger charge is 2.21. The number of hydrogen-bond acceptors (Lipinski definition) is 7. The Morgan fingerprint density at radius 2 is 1.73 bits per heavy atom. The number of benzene rings is 2. The summed E-state index contributed by atoms with van der Waals surface area (Å²) in [7, 11) is 0. The van der Waals surface area contributed by atoms with Crippen LogP contribution in [0.25, 0.3) is 10.8 Å². The minimum atomic E-state index is -0.666. The van der Waals surface area contributed by atoms with Gasteiger partial charge in [0.15, 0.2) is 6.61 Å². The van der Waals surface area contributed by atoms with Crippen molar-refractivity contribution in [2.24, 2.45) is 0 Å². The Labute approximate surface area is 174 Å². The van der Waals surface area contributed by atoms with E-state index < -0.39 is 24.1 Å². The molecule has 158 valence electrons. The van der Waals surface area contributed by atoms with Gasteiger partial charge in [-0.25, -0.2) is 9.59 Å². The summed E-state index contributed by atoms with van der Waals surface area (Å²) < 4.78 is 21.5. The third kappa shape index (κ3) is 5.17. The molecule has 0 bridgehead atoms. The number of carbonyl (C=O) groups excluding carboxylic acids is 2. The van der Waals surface area contributed by atoms with E-state index in [-0.39, 0.29) is 12.2 Å². The highest BCUT2D eigenvalue weighted by Crippen LogP contribution is 2.28. The molecule has 0 aliphatic carbocycles. The quantitative estimate of drug-likeness (QED) is 0.551. The maximum Gasteiger partial charge on any atom is 0.344 e. The summed E-state index contributed by atoms with van der Waals surface area (Å²) in [6.45, 7) is 8.57. The molecule has 0 amide bonds. The molecule has 0 atom stereocenters. The van der Waals surface area contributed by atoms with Gasteiger partial charge in [-0.05, 0) is 57.5 Å². The second-order valence-electron chi connectivity index (χ2n) is 7.95. The second kappa shape index (κ2) is 8.57. The van der Waals surface area contributed by atoms with Gasteiger partial charge in [0.05, 0.1) is 11.3 Å². The SMILES string of the molecule is Cc1noc(C)c1COc1cc2ccccc2cc1C(=O)OCC(=O)OC(C)(C)C. The summed E-state index contributed by atoms with van der Waals surface area (Å²) in [6.07, 6.45) is 0. The largest absolute Gasteiger partial charge is 0.488 e. The van der Waals surface area contributed by atoms with Crippen LogP contribution in [-0.2, 0) is 20.9 Å². The van der Waals surface area contributed by atoms with Crippen LogP contribution in [0.5, 0.6) is 5.75 Å². The van der Waals surface area contributed by atoms with Crippen molar-refractivity contribution in [1.82, 2.24) is 5.16 Å².